The minimum absolute atomic E-state index is 0.0876. The van der Waals surface area contributed by atoms with E-state index in [0.717, 1.165) is 12.8 Å². The highest BCUT2D eigenvalue weighted by Gasteiger charge is 2.24. The van der Waals surface area contributed by atoms with Crippen LogP contribution in [0.4, 0.5) is 0 Å². The summed E-state index contributed by atoms with van der Waals surface area (Å²) in [6.07, 6.45) is 20.2. The van der Waals surface area contributed by atoms with E-state index < -0.39 is 0 Å². The minimum atomic E-state index is 0.0876. The van der Waals surface area contributed by atoms with Gasteiger partial charge < -0.3 is 0 Å². The molecule has 0 saturated carbocycles. The molecule has 1 heterocycles. The highest BCUT2D eigenvalue weighted by molar-refractivity contribution is 6.25. The maximum Gasteiger partial charge on any atom is 0.0346 e. The van der Waals surface area contributed by atoms with Crippen molar-refractivity contribution in [1.82, 2.24) is 4.98 Å². The van der Waals surface area contributed by atoms with Gasteiger partial charge in [0.1, 0.15) is 0 Å². The summed E-state index contributed by atoms with van der Waals surface area (Å²) in [5, 5.41) is 10.8. The minimum Gasteiger partial charge on any atom is -0.264 e. The fourth-order valence-corrected chi connectivity index (χ4v) is 8.14. The van der Waals surface area contributed by atoms with E-state index in [1.165, 1.54) is 82.1 Å². The van der Waals surface area contributed by atoms with E-state index in [1.54, 1.807) is 0 Å². The van der Waals surface area contributed by atoms with Crippen LogP contribution in [-0.2, 0) is 5.41 Å². The first kappa shape index (κ1) is 28.9. The molecule has 0 saturated heterocycles. The Bertz CT molecular complexity index is 2460. The quantitative estimate of drug-likeness (QED) is 0.179. The highest BCUT2D eigenvalue weighted by Crippen LogP contribution is 2.46. The van der Waals surface area contributed by atoms with Gasteiger partial charge in [-0.05, 0) is 112 Å². The lowest BCUT2D eigenvalue weighted by Crippen LogP contribution is -2.11. The Labute approximate surface area is 283 Å². The van der Waals surface area contributed by atoms with Crippen molar-refractivity contribution < 1.29 is 0 Å². The van der Waals surface area contributed by atoms with Crippen molar-refractivity contribution in [3.63, 3.8) is 0 Å². The first-order valence-electron chi connectivity index (χ1n) is 17.3. The molecule has 1 nitrogen and oxygen atoms in total. The first-order valence-corrected chi connectivity index (χ1v) is 17.3. The van der Waals surface area contributed by atoms with E-state index in [-0.39, 0.29) is 5.41 Å². The van der Waals surface area contributed by atoms with Gasteiger partial charge in [-0.3, -0.25) is 4.98 Å². The number of allylic oxidation sites excluding steroid dienone is 8. The van der Waals surface area contributed by atoms with Crippen molar-refractivity contribution in [2.24, 2.45) is 0 Å². The number of fused-ring (bicyclic) bond motifs is 1. The van der Waals surface area contributed by atoms with Gasteiger partial charge in [-0.2, -0.15) is 0 Å². The van der Waals surface area contributed by atoms with Crippen molar-refractivity contribution in [3.05, 3.63) is 174 Å². The Balaban J connectivity index is 1.19. The summed E-state index contributed by atoms with van der Waals surface area (Å²) >= 11 is 0. The van der Waals surface area contributed by atoms with Gasteiger partial charge in [0.2, 0.25) is 0 Å². The maximum absolute atomic E-state index is 4.36. The molecule has 0 radical (unpaired) electrons. The Kier molecular flexibility index (Phi) is 6.73. The molecule has 2 aliphatic carbocycles. The lowest BCUT2D eigenvalue weighted by Gasteiger charge is -2.25. The Morgan fingerprint density at radius 1 is 0.583 bits per heavy atom. The third-order valence-corrected chi connectivity index (χ3v) is 10.7. The van der Waals surface area contributed by atoms with Gasteiger partial charge in [-0.1, -0.05) is 142 Å². The second kappa shape index (κ2) is 11.2. The Morgan fingerprint density at radius 3 is 2.00 bits per heavy atom. The smallest absolute Gasteiger partial charge is 0.0346 e. The summed E-state index contributed by atoms with van der Waals surface area (Å²) in [4.78, 5) is 4.36. The average Bonchev–Trinajstić information content (AvgIpc) is 3.13. The van der Waals surface area contributed by atoms with Crippen molar-refractivity contribution in [2.45, 2.75) is 50.9 Å². The zero-order valence-electron chi connectivity index (χ0n) is 27.9. The molecule has 2 unspecified atom stereocenters. The summed E-state index contributed by atoms with van der Waals surface area (Å²) in [5.74, 6) is 0.669. The van der Waals surface area contributed by atoms with Crippen LogP contribution in [0.2, 0.25) is 0 Å². The molecule has 9 rings (SSSR count). The fraction of sp³-hybridized carbons (Fsp3) is 0.170. The first-order chi connectivity index (χ1) is 23.4. The molecular weight excluding hydrogens is 579 g/mol. The van der Waals surface area contributed by atoms with E-state index in [4.69, 9.17) is 0 Å². The van der Waals surface area contributed by atoms with Crippen LogP contribution in [-0.4, -0.2) is 4.98 Å². The number of hydrogen-bond acceptors (Lipinski definition) is 1. The summed E-state index contributed by atoms with van der Waals surface area (Å²) < 4.78 is 0. The average molecular weight is 618 g/mol. The number of hydrogen-bond donors (Lipinski definition) is 0. The monoisotopic (exact) mass is 617 g/mol. The number of benzene rings is 6. The van der Waals surface area contributed by atoms with Crippen LogP contribution < -0.4 is 0 Å². The topological polar surface area (TPSA) is 12.9 Å². The SMILES string of the molecule is CC(C)(C)c1cc2ccc3c(C4=CCC(c5cccc6ccccc56)C=C4)cc(C4C=CC(c5cccnc5)=CC4)c4ccc(c1)c2c34. The van der Waals surface area contributed by atoms with Gasteiger partial charge in [0.05, 0.1) is 0 Å². The number of nitrogens with zero attached hydrogens (tertiary/aromatic N) is 1. The van der Waals surface area contributed by atoms with E-state index >= 15 is 0 Å². The number of aromatic nitrogens is 1. The molecule has 2 aliphatic rings. The summed E-state index contributed by atoms with van der Waals surface area (Å²) in [6.45, 7) is 6.94. The van der Waals surface area contributed by atoms with Crippen LogP contribution in [0, 0.1) is 0 Å². The molecule has 232 valence electrons. The molecule has 6 aromatic carbocycles. The molecule has 2 atom stereocenters. The van der Waals surface area contributed by atoms with Crippen LogP contribution in [0.3, 0.4) is 0 Å². The molecule has 0 aliphatic heterocycles. The molecule has 0 bridgehead atoms. The zero-order valence-corrected chi connectivity index (χ0v) is 27.9. The second-order valence-electron chi connectivity index (χ2n) is 14.7. The maximum atomic E-state index is 4.36. The van der Waals surface area contributed by atoms with Crippen LogP contribution in [0.25, 0.3) is 54.2 Å². The number of pyridine rings is 1. The van der Waals surface area contributed by atoms with E-state index in [2.05, 4.69) is 153 Å². The molecular formula is C47H39N. The van der Waals surface area contributed by atoms with Gasteiger partial charge in [-0.25, -0.2) is 0 Å². The van der Waals surface area contributed by atoms with Crippen LogP contribution in [0.1, 0.15) is 73.3 Å². The van der Waals surface area contributed by atoms with Crippen molar-refractivity contribution in [3.8, 4) is 0 Å². The molecule has 0 amide bonds. The van der Waals surface area contributed by atoms with Crippen molar-refractivity contribution >= 4 is 54.2 Å². The van der Waals surface area contributed by atoms with Crippen LogP contribution in [0.15, 0.2) is 146 Å². The van der Waals surface area contributed by atoms with Crippen molar-refractivity contribution in [2.75, 3.05) is 0 Å². The van der Waals surface area contributed by atoms with Gasteiger partial charge in [0.25, 0.3) is 0 Å². The normalized spacial score (nSPS) is 18.2. The van der Waals surface area contributed by atoms with Crippen LogP contribution >= 0.6 is 0 Å². The molecule has 0 spiro atoms. The van der Waals surface area contributed by atoms with Gasteiger partial charge in [0.15, 0.2) is 0 Å². The van der Waals surface area contributed by atoms with Crippen molar-refractivity contribution in [1.29, 1.82) is 0 Å². The molecule has 0 N–H and O–H groups in total. The predicted octanol–water partition coefficient (Wildman–Crippen LogP) is 12.7. The van der Waals surface area contributed by atoms with E-state index in [9.17, 15) is 0 Å². The largest absolute Gasteiger partial charge is 0.264 e. The fourth-order valence-electron chi connectivity index (χ4n) is 8.14. The lowest BCUT2D eigenvalue weighted by molar-refractivity contribution is 0.591. The molecule has 0 fully saturated rings. The lowest BCUT2D eigenvalue weighted by atomic mass is 9.78. The molecule has 48 heavy (non-hydrogen) atoms. The molecule has 1 heteroatoms. The second-order valence-corrected chi connectivity index (χ2v) is 14.7. The summed E-state index contributed by atoms with van der Waals surface area (Å²) in [7, 11) is 0. The van der Waals surface area contributed by atoms with E-state index in [1.807, 2.05) is 18.5 Å². The zero-order chi connectivity index (χ0) is 32.4. The summed E-state index contributed by atoms with van der Waals surface area (Å²) in [6, 6.07) is 36.5. The third-order valence-electron chi connectivity index (χ3n) is 10.7. The van der Waals surface area contributed by atoms with Gasteiger partial charge in [0, 0.05) is 24.2 Å². The Morgan fingerprint density at radius 2 is 1.29 bits per heavy atom. The summed E-state index contributed by atoms with van der Waals surface area (Å²) in [5.41, 5.74) is 9.39. The van der Waals surface area contributed by atoms with Gasteiger partial charge >= 0.3 is 0 Å². The Hall–Kier alpha value is -5.27. The van der Waals surface area contributed by atoms with E-state index in [0.29, 0.717) is 11.8 Å². The van der Waals surface area contributed by atoms with Gasteiger partial charge in [-0.15, -0.1) is 0 Å². The third kappa shape index (κ3) is 4.80. The highest BCUT2D eigenvalue weighted by atomic mass is 14.6. The van der Waals surface area contributed by atoms with Crippen LogP contribution in [0.5, 0.6) is 0 Å². The predicted molar refractivity (Wildman–Crippen MR) is 206 cm³/mol. The number of rotatable bonds is 4. The molecule has 1 aromatic heterocycles. The standard InChI is InChI=1S/C47H39N/c1-47(2,3)38-26-35-21-23-41-43(33-15-13-30(14-16-33)37-10-7-25-48-29-37)28-44(42-24-22-36(27-38)45(35)46(41)42)34-19-17-32(18-20-34)40-12-6-9-31-8-4-5-11-39(31)40/h4-15,17,19-29,32-33H,16,18H2,1-3H3. The molecule has 7 aromatic rings.